The van der Waals surface area contributed by atoms with E-state index in [0.717, 1.165) is 19.3 Å². The van der Waals surface area contributed by atoms with Crippen molar-refractivity contribution in [1.29, 1.82) is 0 Å². The highest BCUT2D eigenvalue weighted by molar-refractivity contribution is 7.89. The number of rotatable bonds is 6. The van der Waals surface area contributed by atoms with Crippen LogP contribution >= 0.6 is 23.2 Å². The number of anilines is 1. The van der Waals surface area contributed by atoms with Crippen molar-refractivity contribution in [3.05, 3.63) is 22.2 Å². The second kappa shape index (κ2) is 6.10. The van der Waals surface area contributed by atoms with Crippen LogP contribution in [-0.4, -0.2) is 25.8 Å². The summed E-state index contributed by atoms with van der Waals surface area (Å²) in [6, 6.07) is 2.89. The lowest BCUT2D eigenvalue weighted by atomic mass is 10.3. The zero-order chi connectivity index (χ0) is 14.9. The Bertz CT molecular complexity index is 601. The highest BCUT2D eigenvalue weighted by atomic mass is 35.5. The van der Waals surface area contributed by atoms with E-state index in [1.165, 1.54) is 16.4 Å². The molecule has 1 aliphatic carbocycles. The number of halogens is 2. The summed E-state index contributed by atoms with van der Waals surface area (Å²) in [5.41, 5.74) is 5.83. The van der Waals surface area contributed by atoms with E-state index in [2.05, 4.69) is 0 Å². The molecule has 0 atom stereocenters. The molecule has 0 spiro atoms. The molecule has 2 rings (SSSR count). The molecule has 0 aliphatic heterocycles. The van der Waals surface area contributed by atoms with Crippen LogP contribution in [0.4, 0.5) is 5.69 Å². The molecule has 0 heterocycles. The first-order valence-corrected chi connectivity index (χ1v) is 8.81. The van der Waals surface area contributed by atoms with Crippen LogP contribution in [0.5, 0.6) is 0 Å². The molecular formula is C13H18Cl2N2O2S. The van der Waals surface area contributed by atoms with E-state index in [0.29, 0.717) is 19.0 Å². The van der Waals surface area contributed by atoms with Crippen molar-refractivity contribution in [2.24, 2.45) is 5.92 Å². The summed E-state index contributed by atoms with van der Waals surface area (Å²) in [7, 11) is -3.63. The van der Waals surface area contributed by atoms with Crippen molar-refractivity contribution in [1.82, 2.24) is 4.31 Å². The van der Waals surface area contributed by atoms with Gasteiger partial charge in [0.2, 0.25) is 10.0 Å². The topological polar surface area (TPSA) is 63.4 Å². The highest BCUT2D eigenvalue weighted by Gasteiger charge is 2.32. The zero-order valence-corrected chi connectivity index (χ0v) is 13.6. The summed E-state index contributed by atoms with van der Waals surface area (Å²) in [6.07, 6.45) is 2.94. The smallest absolute Gasteiger partial charge is 0.244 e. The Labute approximate surface area is 129 Å². The lowest BCUT2D eigenvalue weighted by Crippen LogP contribution is -2.34. The Morgan fingerprint density at radius 2 is 2.00 bits per heavy atom. The number of hydrogen-bond donors (Lipinski definition) is 1. The van der Waals surface area contributed by atoms with Gasteiger partial charge in [-0.2, -0.15) is 4.31 Å². The molecule has 20 heavy (non-hydrogen) atoms. The number of sulfonamides is 1. The Morgan fingerprint density at radius 1 is 1.35 bits per heavy atom. The van der Waals surface area contributed by atoms with E-state index in [9.17, 15) is 8.42 Å². The van der Waals surface area contributed by atoms with E-state index < -0.39 is 10.0 Å². The summed E-state index contributed by atoms with van der Waals surface area (Å²) in [6.45, 7) is 2.99. The second-order valence-electron chi connectivity index (χ2n) is 5.08. The standard InChI is InChI=1S/C13H18Cl2N2O2S/c1-2-7-17(8-9-3-4-9)20(18,19)11-6-5-10(14)13(16)12(11)15/h5-6,9H,2-4,7-8,16H2,1H3. The third kappa shape index (κ3) is 3.22. The molecule has 2 N–H and O–H groups in total. The highest BCUT2D eigenvalue weighted by Crippen LogP contribution is 2.36. The molecule has 1 fully saturated rings. The SMILES string of the molecule is CCCN(CC1CC1)S(=O)(=O)c1ccc(Cl)c(N)c1Cl. The van der Waals surface area contributed by atoms with Gasteiger partial charge in [0.15, 0.2) is 0 Å². The first-order valence-electron chi connectivity index (χ1n) is 6.61. The number of nitrogen functional groups attached to an aromatic ring is 1. The first kappa shape index (κ1) is 15.9. The van der Waals surface area contributed by atoms with Gasteiger partial charge in [-0.1, -0.05) is 30.1 Å². The predicted molar refractivity (Wildman–Crippen MR) is 82.6 cm³/mol. The molecule has 0 amide bonds. The molecule has 1 saturated carbocycles. The molecule has 1 aliphatic rings. The Kier molecular flexibility index (Phi) is 4.84. The fourth-order valence-corrected chi connectivity index (χ4v) is 4.38. The molecule has 0 unspecified atom stereocenters. The fourth-order valence-electron chi connectivity index (χ4n) is 2.04. The first-order chi connectivity index (χ1) is 9.37. The second-order valence-corrected chi connectivity index (χ2v) is 7.77. The maximum absolute atomic E-state index is 12.7. The minimum Gasteiger partial charge on any atom is -0.396 e. The molecule has 1 aromatic carbocycles. The Hall–Kier alpha value is -0.490. The zero-order valence-electron chi connectivity index (χ0n) is 11.3. The van der Waals surface area contributed by atoms with E-state index in [4.69, 9.17) is 28.9 Å². The summed E-state index contributed by atoms with van der Waals surface area (Å²) in [4.78, 5) is 0.0372. The van der Waals surface area contributed by atoms with Crippen molar-refractivity contribution in [3.8, 4) is 0 Å². The summed E-state index contributed by atoms with van der Waals surface area (Å²) >= 11 is 11.9. The Morgan fingerprint density at radius 3 is 2.55 bits per heavy atom. The van der Waals surface area contributed by atoms with Crippen LogP contribution < -0.4 is 5.73 Å². The van der Waals surface area contributed by atoms with Gasteiger partial charge in [-0.05, 0) is 37.3 Å². The minimum atomic E-state index is -3.63. The van der Waals surface area contributed by atoms with Gasteiger partial charge in [-0.25, -0.2) is 8.42 Å². The maximum atomic E-state index is 12.7. The molecule has 7 heteroatoms. The van der Waals surface area contributed by atoms with E-state index in [-0.39, 0.29) is 20.6 Å². The largest absolute Gasteiger partial charge is 0.396 e. The van der Waals surface area contributed by atoms with Crippen molar-refractivity contribution < 1.29 is 8.42 Å². The van der Waals surface area contributed by atoms with Crippen molar-refractivity contribution >= 4 is 38.9 Å². The molecule has 0 saturated heterocycles. The van der Waals surface area contributed by atoms with Crippen LogP contribution in [0.25, 0.3) is 0 Å². The van der Waals surface area contributed by atoms with Crippen LogP contribution in [0.15, 0.2) is 17.0 Å². The third-order valence-electron chi connectivity index (χ3n) is 3.34. The van der Waals surface area contributed by atoms with Crippen LogP contribution in [0.3, 0.4) is 0 Å². The van der Waals surface area contributed by atoms with Crippen molar-refractivity contribution in [2.45, 2.75) is 31.1 Å². The van der Waals surface area contributed by atoms with Crippen LogP contribution in [0, 0.1) is 5.92 Å². The van der Waals surface area contributed by atoms with Gasteiger partial charge in [0.1, 0.15) is 4.90 Å². The third-order valence-corrected chi connectivity index (χ3v) is 6.10. The van der Waals surface area contributed by atoms with E-state index in [1.54, 1.807) is 0 Å². The van der Waals surface area contributed by atoms with Crippen LogP contribution in [0.1, 0.15) is 26.2 Å². The summed E-state index contributed by atoms with van der Waals surface area (Å²) < 4.78 is 26.9. The average Bonchev–Trinajstić information content (AvgIpc) is 3.19. The summed E-state index contributed by atoms with van der Waals surface area (Å²) in [5, 5.41) is 0.271. The van der Waals surface area contributed by atoms with Gasteiger partial charge in [0.05, 0.1) is 15.7 Å². The van der Waals surface area contributed by atoms with E-state index >= 15 is 0 Å². The minimum absolute atomic E-state index is 0.00870. The van der Waals surface area contributed by atoms with Crippen LogP contribution in [0.2, 0.25) is 10.0 Å². The van der Waals surface area contributed by atoms with Gasteiger partial charge in [0, 0.05) is 13.1 Å². The van der Waals surface area contributed by atoms with Gasteiger partial charge in [-0.15, -0.1) is 0 Å². The fraction of sp³-hybridized carbons (Fsp3) is 0.538. The van der Waals surface area contributed by atoms with Gasteiger partial charge >= 0.3 is 0 Å². The van der Waals surface area contributed by atoms with Gasteiger partial charge in [-0.3, -0.25) is 0 Å². The molecule has 0 radical (unpaired) electrons. The Balaban J connectivity index is 2.38. The average molecular weight is 337 g/mol. The molecule has 112 valence electrons. The van der Waals surface area contributed by atoms with Crippen LogP contribution in [-0.2, 0) is 10.0 Å². The lowest BCUT2D eigenvalue weighted by Gasteiger charge is -2.22. The lowest BCUT2D eigenvalue weighted by molar-refractivity contribution is 0.396. The monoisotopic (exact) mass is 336 g/mol. The number of benzene rings is 1. The maximum Gasteiger partial charge on any atom is 0.244 e. The summed E-state index contributed by atoms with van der Waals surface area (Å²) in [5.74, 6) is 0.472. The van der Waals surface area contributed by atoms with Gasteiger partial charge < -0.3 is 5.73 Å². The normalized spacial score (nSPS) is 15.8. The van der Waals surface area contributed by atoms with Gasteiger partial charge in [0.25, 0.3) is 0 Å². The van der Waals surface area contributed by atoms with Crippen molar-refractivity contribution in [2.75, 3.05) is 18.8 Å². The predicted octanol–water partition coefficient (Wildman–Crippen LogP) is 3.39. The molecule has 4 nitrogen and oxygen atoms in total. The van der Waals surface area contributed by atoms with E-state index in [1.807, 2.05) is 6.92 Å². The number of hydrogen-bond acceptors (Lipinski definition) is 3. The molecular weight excluding hydrogens is 319 g/mol. The van der Waals surface area contributed by atoms with Crippen molar-refractivity contribution in [3.63, 3.8) is 0 Å². The number of nitrogens with zero attached hydrogens (tertiary/aromatic N) is 1. The quantitative estimate of drug-likeness (QED) is 0.810. The molecule has 1 aromatic rings. The number of nitrogens with two attached hydrogens (primary N) is 1. The molecule has 0 bridgehead atoms. The molecule has 0 aromatic heterocycles.